The molecule has 0 spiro atoms. The SMILES string of the molecule is C[C@H](Nc1cc(C(F)(F)F)c(-c2cnc(C(=O)O)s2)cn1)C(F)(F)F. The zero-order valence-corrected chi connectivity index (χ0v) is 13.1. The second kappa shape index (κ2) is 6.50. The molecule has 0 aromatic carbocycles. The number of nitrogens with one attached hydrogen (secondary N) is 1. The number of anilines is 1. The van der Waals surface area contributed by atoms with E-state index in [0.29, 0.717) is 17.4 Å². The predicted octanol–water partition coefficient (Wildman–Crippen LogP) is 4.28. The fraction of sp³-hybridized carbons (Fsp3) is 0.308. The molecule has 12 heteroatoms. The molecule has 1 atom stereocenters. The maximum atomic E-state index is 13.2. The lowest BCUT2D eigenvalue weighted by atomic mass is 10.1. The Kier molecular flexibility index (Phi) is 4.93. The first kappa shape index (κ1) is 19.0. The van der Waals surface area contributed by atoms with Crippen LogP contribution in [-0.2, 0) is 6.18 Å². The van der Waals surface area contributed by atoms with Crippen LogP contribution in [0.4, 0.5) is 32.2 Å². The van der Waals surface area contributed by atoms with E-state index in [1.54, 1.807) is 0 Å². The van der Waals surface area contributed by atoms with Crippen LogP contribution in [0.1, 0.15) is 22.3 Å². The Labute approximate surface area is 140 Å². The van der Waals surface area contributed by atoms with Crippen molar-refractivity contribution in [1.29, 1.82) is 0 Å². The lowest BCUT2D eigenvalue weighted by Crippen LogP contribution is -2.33. The summed E-state index contributed by atoms with van der Waals surface area (Å²) in [5.41, 5.74) is -1.72. The topological polar surface area (TPSA) is 75.1 Å². The summed E-state index contributed by atoms with van der Waals surface area (Å²) < 4.78 is 77.3. The van der Waals surface area contributed by atoms with E-state index in [2.05, 4.69) is 9.97 Å². The van der Waals surface area contributed by atoms with Crippen LogP contribution >= 0.6 is 11.3 Å². The standard InChI is InChI=1S/C13H9F6N3O2S/c1-5(12(14,15)16)22-9-2-7(13(17,18)19)6(3-20-9)8-4-21-10(25-8)11(23)24/h2-5H,1H3,(H,20,22)(H,23,24)/t5-/m0/s1. The Bertz CT molecular complexity index is 787. The van der Waals surface area contributed by atoms with Gasteiger partial charge in [0, 0.05) is 18.0 Å². The third-order valence-corrected chi connectivity index (χ3v) is 4.04. The number of aromatic nitrogens is 2. The van der Waals surface area contributed by atoms with Crippen LogP contribution in [0.3, 0.4) is 0 Å². The van der Waals surface area contributed by atoms with Gasteiger partial charge in [-0.15, -0.1) is 11.3 Å². The molecule has 0 saturated heterocycles. The number of carboxylic acids is 1. The van der Waals surface area contributed by atoms with Crippen molar-refractivity contribution >= 4 is 23.1 Å². The van der Waals surface area contributed by atoms with E-state index in [1.807, 2.05) is 5.32 Å². The molecule has 25 heavy (non-hydrogen) atoms. The molecular formula is C13H9F6N3O2S. The highest BCUT2D eigenvalue weighted by Gasteiger charge is 2.38. The summed E-state index contributed by atoms with van der Waals surface area (Å²) in [5, 5.41) is 10.2. The molecule has 0 aliphatic rings. The van der Waals surface area contributed by atoms with Gasteiger partial charge in [0.05, 0.1) is 10.4 Å². The molecule has 0 fully saturated rings. The van der Waals surface area contributed by atoms with Gasteiger partial charge < -0.3 is 10.4 Å². The van der Waals surface area contributed by atoms with Gasteiger partial charge >= 0.3 is 18.3 Å². The molecule has 2 N–H and O–H groups in total. The summed E-state index contributed by atoms with van der Waals surface area (Å²) in [6.07, 6.45) is -7.88. The fourth-order valence-electron chi connectivity index (χ4n) is 1.77. The van der Waals surface area contributed by atoms with Gasteiger partial charge in [0.15, 0.2) is 0 Å². The number of hydrogen-bond acceptors (Lipinski definition) is 5. The van der Waals surface area contributed by atoms with Crippen LogP contribution in [0.5, 0.6) is 0 Å². The molecule has 0 radical (unpaired) electrons. The number of alkyl halides is 6. The van der Waals surface area contributed by atoms with Crippen molar-refractivity contribution in [2.45, 2.75) is 25.3 Å². The zero-order chi connectivity index (χ0) is 19.0. The first-order chi connectivity index (χ1) is 11.4. The Morgan fingerprint density at radius 2 is 1.84 bits per heavy atom. The van der Waals surface area contributed by atoms with E-state index in [-0.39, 0.29) is 4.88 Å². The lowest BCUT2D eigenvalue weighted by molar-refractivity contribution is -0.138. The van der Waals surface area contributed by atoms with E-state index in [1.165, 1.54) is 0 Å². The highest BCUT2D eigenvalue weighted by molar-refractivity contribution is 7.16. The summed E-state index contributed by atoms with van der Waals surface area (Å²) in [4.78, 5) is 17.7. The first-order valence-corrected chi connectivity index (χ1v) is 7.31. The highest BCUT2D eigenvalue weighted by atomic mass is 32.1. The lowest BCUT2D eigenvalue weighted by Gasteiger charge is -2.19. The van der Waals surface area contributed by atoms with E-state index in [4.69, 9.17) is 5.11 Å². The second-order valence-corrected chi connectivity index (χ2v) is 5.89. The van der Waals surface area contributed by atoms with Gasteiger partial charge in [-0.3, -0.25) is 0 Å². The molecule has 0 amide bonds. The number of aromatic carboxylic acids is 1. The smallest absolute Gasteiger partial charge is 0.417 e. The van der Waals surface area contributed by atoms with E-state index >= 15 is 0 Å². The third-order valence-electron chi connectivity index (χ3n) is 3.02. The fourth-order valence-corrected chi connectivity index (χ4v) is 2.55. The normalized spacial score (nSPS) is 13.6. The second-order valence-electron chi connectivity index (χ2n) is 4.86. The number of rotatable bonds is 4. The molecule has 2 aromatic heterocycles. The van der Waals surface area contributed by atoms with Crippen molar-refractivity contribution in [1.82, 2.24) is 9.97 Å². The Morgan fingerprint density at radius 1 is 1.20 bits per heavy atom. The average Bonchev–Trinajstić information content (AvgIpc) is 2.95. The monoisotopic (exact) mass is 385 g/mol. The van der Waals surface area contributed by atoms with Crippen molar-refractivity contribution in [3.05, 3.63) is 29.0 Å². The Balaban J connectivity index is 2.46. The first-order valence-electron chi connectivity index (χ1n) is 6.49. The molecule has 136 valence electrons. The molecule has 2 aromatic rings. The molecule has 2 rings (SSSR count). The maximum Gasteiger partial charge on any atom is 0.417 e. The van der Waals surface area contributed by atoms with Gasteiger partial charge in [-0.2, -0.15) is 26.3 Å². The Hall–Kier alpha value is -2.37. The molecule has 0 aliphatic heterocycles. The van der Waals surface area contributed by atoms with Crippen molar-refractivity contribution < 1.29 is 36.2 Å². The maximum absolute atomic E-state index is 13.2. The zero-order valence-electron chi connectivity index (χ0n) is 12.2. The summed E-state index contributed by atoms with van der Waals surface area (Å²) in [5.74, 6) is -2.01. The van der Waals surface area contributed by atoms with Gasteiger partial charge in [-0.25, -0.2) is 14.8 Å². The highest BCUT2D eigenvalue weighted by Crippen LogP contribution is 2.40. The van der Waals surface area contributed by atoms with Crippen molar-refractivity contribution in [3.8, 4) is 10.4 Å². The van der Waals surface area contributed by atoms with Gasteiger partial charge in [0.2, 0.25) is 5.01 Å². The van der Waals surface area contributed by atoms with Crippen molar-refractivity contribution in [3.63, 3.8) is 0 Å². The number of thiazole rings is 1. The quantitative estimate of drug-likeness (QED) is 0.769. The number of nitrogens with zero attached hydrogens (tertiary/aromatic N) is 2. The van der Waals surface area contributed by atoms with Crippen molar-refractivity contribution in [2.24, 2.45) is 0 Å². The van der Waals surface area contributed by atoms with Crippen molar-refractivity contribution in [2.75, 3.05) is 5.32 Å². The summed E-state index contributed by atoms with van der Waals surface area (Å²) in [6, 6.07) is -1.66. The minimum atomic E-state index is -4.89. The van der Waals surface area contributed by atoms with E-state index in [9.17, 15) is 31.1 Å². The van der Waals surface area contributed by atoms with Gasteiger partial charge in [-0.1, -0.05) is 0 Å². The van der Waals surface area contributed by atoms with Crippen LogP contribution in [0.2, 0.25) is 0 Å². The summed E-state index contributed by atoms with van der Waals surface area (Å²) in [6.45, 7) is 0.741. The molecule has 0 bridgehead atoms. The number of pyridine rings is 1. The van der Waals surface area contributed by atoms with Gasteiger partial charge in [0.25, 0.3) is 0 Å². The minimum absolute atomic E-state index is 0.118. The molecule has 2 heterocycles. The molecule has 0 aliphatic carbocycles. The van der Waals surface area contributed by atoms with Crippen LogP contribution in [0, 0.1) is 0 Å². The summed E-state index contributed by atoms with van der Waals surface area (Å²) in [7, 11) is 0. The molecule has 5 nitrogen and oxygen atoms in total. The molecular weight excluding hydrogens is 376 g/mol. The van der Waals surface area contributed by atoms with Gasteiger partial charge in [0.1, 0.15) is 11.9 Å². The summed E-state index contributed by atoms with van der Waals surface area (Å²) >= 11 is 0.497. The molecule has 0 saturated carbocycles. The number of halogens is 6. The number of carbonyl (C=O) groups is 1. The van der Waals surface area contributed by atoms with Crippen LogP contribution in [0.15, 0.2) is 18.5 Å². The predicted molar refractivity (Wildman–Crippen MR) is 76.4 cm³/mol. The minimum Gasteiger partial charge on any atom is -0.476 e. The van der Waals surface area contributed by atoms with Gasteiger partial charge in [-0.05, 0) is 13.0 Å². The largest absolute Gasteiger partial charge is 0.476 e. The van der Waals surface area contributed by atoms with Crippen LogP contribution in [0.25, 0.3) is 10.4 Å². The third kappa shape index (κ3) is 4.38. The number of hydrogen-bond donors (Lipinski definition) is 2. The van der Waals surface area contributed by atoms with Crippen LogP contribution in [-0.4, -0.2) is 33.3 Å². The van der Waals surface area contributed by atoms with E-state index in [0.717, 1.165) is 19.3 Å². The Morgan fingerprint density at radius 3 is 2.32 bits per heavy atom. The molecule has 0 unspecified atom stereocenters. The van der Waals surface area contributed by atoms with E-state index < -0.39 is 46.3 Å². The van der Waals surface area contributed by atoms with Crippen LogP contribution < -0.4 is 5.32 Å². The number of carboxylic acid groups (broad SMARTS) is 1. The average molecular weight is 385 g/mol.